The molecule has 0 spiro atoms. The van der Waals surface area contributed by atoms with Crippen LogP contribution in [-0.4, -0.2) is 40.3 Å². The van der Waals surface area contributed by atoms with Gasteiger partial charge in [-0.3, -0.25) is 4.21 Å². The number of hydrogen-bond donors (Lipinski definition) is 1. The maximum absolute atomic E-state index is 12.0. The Bertz CT molecular complexity index is 387. The zero-order chi connectivity index (χ0) is 15.9. The van der Waals surface area contributed by atoms with Crippen molar-refractivity contribution in [3.8, 4) is 0 Å². The van der Waals surface area contributed by atoms with E-state index in [0.717, 1.165) is 45.1 Å². The molecule has 0 amide bonds. The second-order valence-corrected chi connectivity index (χ2v) is 15.3. The molecule has 0 aliphatic carbocycles. The molecule has 0 aromatic rings. The standard InChI is InChI=1S/C16H32O3SSi/c1-15(2,3)21(4,5)19-10-6-9-16(17)11-13-7-8-14(12-16)20(13)18/h13-14,17H,6-12H2,1-5H3. The highest BCUT2D eigenvalue weighted by molar-refractivity contribution is 7.86. The highest BCUT2D eigenvalue weighted by atomic mass is 32.2. The van der Waals surface area contributed by atoms with Crippen molar-refractivity contribution in [2.45, 2.75) is 93.5 Å². The number of fused-ring (bicyclic) bond motifs is 2. The topological polar surface area (TPSA) is 46.5 Å². The minimum absolute atomic E-state index is 0.241. The van der Waals surface area contributed by atoms with Crippen LogP contribution in [0.15, 0.2) is 0 Å². The molecule has 124 valence electrons. The number of hydrogen-bond acceptors (Lipinski definition) is 3. The van der Waals surface area contributed by atoms with E-state index < -0.39 is 24.7 Å². The average Bonchev–Trinajstić information content (AvgIpc) is 2.59. The first-order valence-electron chi connectivity index (χ1n) is 8.30. The van der Waals surface area contributed by atoms with Crippen LogP contribution in [-0.2, 0) is 15.2 Å². The van der Waals surface area contributed by atoms with Crippen LogP contribution in [0, 0.1) is 0 Å². The van der Waals surface area contributed by atoms with Crippen molar-refractivity contribution in [2.75, 3.05) is 6.61 Å². The summed E-state index contributed by atoms with van der Waals surface area (Å²) in [6.45, 7) is 12.0. The third-order valence-electron chi connectivity index (χ3n) is 5.74. The molecule has 2 atom stereocenters. The molecule has 2 aliphatic rings. The maximum atomic E-state index is 12.0. The van der Waals surface area contributed by atoms with E-state index in [1.54, 1.807) is 0 Å². The van der Waals surface area contributed by atoms with Crippen LogP contribution in [0.3, 0.4) is 0 Å². The molecule has 2 rings (SSSR count). The van der Waals surface area contributed by atoms with Gasteiger partial charge in [-0.1, -0.05) is 20.8 Å². The van der Waals surface area contributed by atoms with Crippen molar-refractivity contribution in [1.82, 2.24) is 0 Å². The normalized spacial score (nSPS) is 37.0. The van der Waals surface area contributed by atoms with E-state index >= 15 is 0 Å². The van der Waals surface area contributed by atoms with Crippen molar-refractivity contribution in [3.63, 3.8) is 0 Å². The highest BCUT2D eigenvalue weighted by Crippen LogP contribution is 2.43. The quantitative estimate of drug-likeness (QED) is 0.618. The number of aliphatic hydroxyl groups is 1. The monoisotopic (exact) mass is 332 g/mol. The molecule has 3 nitrogen and oxygen atoms in total. The van der Waals surface area contributed by atoms with Gasteiger partial charge in [-0.2, -0.15) is 0 Å². The Morgan fingerprint density at radius 2 is 1.76 bits per heavy atom. The average molecular weight is 333 g/mol. The molecule has 2 aliphatic heterocycles. The Hall–Kier alpha value is 0.287. The van der Waals surface area contributed by atoms with Gasteiger partial charge in [-0.15, -0.1) is 0 Å². The Kier molecular flexibility index (Phi) is 5.09. The summed E-state index contributed by atoms with van der Waals surface area (Å²) in [6, 6.07) is 0. The molecule has 2 bridgehead atoms. The smallest absolute Gasteiger partial charge is 0.191 e. The molecule has 2 heterocycles. The predicted octanol–water partition coefficient (Wildman–Crippen LogP) is 3.59. The fourth-order valence-electron chi connectivity index (χ4n) is 3.32. The van der Waals surface area contributed by atoms with E-state index in [-0.39, 0.29) is 15.5 Å². The lowest BCUT2D eigenvalue weighted by Gasteiger charge is -2.38. The fourth-order valence-corrected chi connectivity index (χ4v) is 6.64. The van der Waals surface area contributed by atoms with E-state index in [1.807, 2.05) is 0 Å². The SMILES string of the molecule is CC(C)(C)[Si](C)(C)OCCCC1(O)CC2CCC(C1)S2=O. The molecule has 0 aromatic heterocycles. The van der Waals surface area contributed by atoms with Crippen LogP contribution < -0.4 is 0 Å². The van der Waals surface area contributed by atoms with Gasteiger partial charge in [0.05, 0.1) is 5.60 Å². The molecule has 21 heavy (non-hydrogen) atoms. The van der Waals surface area contributed by atoms with Crippen LogP contribution in [0.4, 0.5) is 0 Å². The second kappa shape index (κ2) is 6.06. The van der Waals surface area contributed by atoms with Gasteiger partial charge < -0.3 is 9.53 Å². The lowest BCUT2D eigenvalue weighted by atomic mass is 9.89. The fraction of sp³-hybridized carbons (Fsp3) is 1.00. The van der Waals surface area contributed by atoms with E-state index in [0.29, 0.717) is 0 Å². The van der Waals surface area contributed by atoms with Crippen LogP contribution in [0.5, 0.6) is 0 Å². The van der Waals surface area contributed by atoms with Crippen molar-refractivity contribution >= 4 is 19.1 Å². The Morgan fingerprint density at radius 3 is 2.24 bits per heavy atom. The van der Waals surface area contributed by atoms with E-state index in [4.69, 9.17) is 4.43 Å². The minimum Gasteiger partial charge on any atom is -0.417 e. The summed E-state index contributed by atoms with van der Waals surface area (Å²) < 4.78 is 18.2. The van der Waals surface area contributed by atoms with Gasteiger partial charge in [0.2, 0.25) is 0 Å². The van der Waals surface area contributed by atoms with Crippen LogP contribution >= 0.6 is 0 Å². The third-order valence-corrected chi connectivity index (χ3v) is 12.4. The molecular weight excluding hydrogens is 300 g/mol. The van der Waals surface area contributed by atoms with Crippen molar-refractivity contribution in [2.24, 2.45) is 0 Å². The van der Waals surface area contributed by atoms with Crippen molar-refractivity contribution in [1.29, 1.82) is 0 Å². The molecular formula is C16H32O3SSi. The van der Waals surface area contributed by atoms with Gasteiger partial charge in [0.15, 0.2) is 8.32 Å². The van der Waals surface area contributed by atoms with Crippen LogP contribution in [0.2, 0.25) is 18.1 Å². The highest BCUT2D eigenvalue weighted by Gasteiger charge is 2.47. The minimum atomic E-state index is -1.67. The zero-order valence-corrected chi connectivity index (χ0v) is 16.1. The number of rotatable bonds is 5. The molecule has 2 saturated heterocycles. The molecule has 5 heteroatoms. The summed E-state index contributed by atoms with van der Waals surface area (Å²) in [6.07, 6.45) is 5.26. The lowest BCUT2D eigenvalue weighted by molar-refractivity contribution is 0.00904. The first kappa shape index (κ1) is 17.6. The van der Waals surface area contributed by atoms with E-state index in [9.17, 15) is 9.32 Å². The van der Waals surface area contributed by atoms with Gasteiger partial charge >= 0.3 is 0 Å². The van der Waals surface area contributed by atoms with E-state index in [2.05, 4.69) is 33.9 Å². The van der Waals surface area contributed by atoms with E-state index in [1.165, 1.54) is 0 Å². The predicted molar refractivity (Wildman–Crippen MR) is 91.5 cm³/mol. The maximum Gasteiger partial charge on any atom is 0.191 e. The Balaban J connectivity index is 1.78. The summed E-state index contributed by atoms with van der Waals surface area (Å²) in [5.41, 5.74) is -0.587. The Morgan fingerprint density at radius 1 is 1.24 bits per heavy atom. The zero-order valence-electron chi connectivity index (χ0n) is 14.3. The summed E-state index contributed by atoms with van der Waals surface area (Å²) in [5.74, 6) is 0. The molecule has 2 fully saturated rings. The summed E-state index contributed by atoms with van der Waals surface area (Å²) >= 11 is 0. The molecule has 0 saturated carbocycles. The second-order valence-electron chi connectivity index (χ2n) is 8.49. The summed E-state index contributed by atoms with van der Waals surface area (Å²) in [4.78, 5) is 0. The van der Waals surface area contributed by atoms with Gasteiger partial charge in [-0.25, -0.2) is 0 Å². The van der Waals surface area contributed by atoms with Crippen LogP contribution in [0.1, 0.15) is 59.3 Å². The molecule has 0 radical (unpaired) electrons. The van der Waals surface area contributed by atoms with Crippen molar-refractivity contribution < 1.29 is 13.7 Å². The lowest BCUT2D eigenvalue weighted by Crippen LogP contribution is -2.43. The Labute approximate surface area is 133 Å². The van der Waals surface area contributed by atoms with Crippen LogP contribution in [0.25, 0.3) is 0 Å². The first-order chi connectivity index (χ1) is 9.54. The molecule has 2 unspecified atom stereocenters. The molecule has 0 aromatic carbocycles. The van der Waals surface area contributed by atoms with Gasteiger partial charge in [0.25, 0.3) is 0 Å². The largest absolute Gasteiger partial charge is 0.417 e. The summed E-state index contributed by atoms with van der Waals surface area (Å²) in [5, 5.41) is 11.5. The van der Waals surface area contributed by atoms with Gasteiger partial charge in [-0.05, 0) is 56.7 Å². The van der Waals surface area contributed by atoms with Gasteiger partial charge in [0, 0.05) is 27.9 Å². The summed E-state index contributed by atoms with van der Waals surface area (Å²) in [7, 11) is -2.35. The third kappa shape index (κ3) is 3.98. The molecule has 1 N–H and O–H groups in total. The van der Waals surface area contributed by atoms with Gasteiger partial charge in [0.1, 0.15) is 0 Å². The van der Waals surface area contributed by atoms with Crippen molar-refractivity contribution in [3.05, 3.63) is 0 Å². The first-order valence-corrected chi connectivity index (χ1v) is 12.5.